The highest BCUT2D eigenvalue weighted by atomic mass is 31.2. The zero-order chi connectivity index (χ0) is 36.6. The van der Waals surface area contributed by atoms with E-state index in [1.165, 1.54) is 154 Å². The van der Waals surface area contributed by atoms with Crippen molar-refractivity contribution in [3.8, 4) is 0 Å². The highest BCUT2D eigenvalue weighted by Crippen LogP contribution is 2.43. The van der Waals surface area contributed by atoms with Crippen molar-refractivity contribution in [2.75, 3.05) is 33.0 Å². The van der Waals surface area contributed by atoms with Crippen molar-refractivity contribution >= 4 is 13.8 Å². The van der Waals surface area contributed by atoms with Crippen LogP contribution in [0, 0.1) is 0 Å². The highest BCUT2D eigenvalue weighted by Gasteiger charge is 2.25. The van der Waals surface area contributed by atoms with Crippen LogP contribution in [0.5, 0.6) is 0 Å². The number of rotatable bonds is 41. The van der Waals surface area contributed by atoms with Gasteiger partial charge >= 0.3 is 13.8 Å². The minimum atomic E-state index is -4.27. The summed E-state index contributed by atoms with van der Waals surface area (Å²) in [7, 11) is -4.27. The third kappa shape index (κ3) is 38.5. The summed E-state index contributed by atoms with van der Waals surface area (Å²) in [4.78, 5) is 22.4. The van der Waals surface area contributed by atoms with Crippen LogP contribution >= 0.6 is 7.82 Å². The van der Waals surface area contributed by atoms with Gasteiger partial charge in [-0.3, -0.25) is 13.8 Å². The first-order chi connectivity index (χ1) is 24.4. The number of nitrogens with two attached hydrogens (primary N) is 1. The number of carbonyl (C=O) groups excluding carboxylic acids is 1. The van der Waals surface area contributed by atoms with Crippen molar-refractivity contribution < 1.29 is 32.8 Å². The highest BCUT2D eigenvalue weighted by molar-refractivity contribution is 7.47. The Labute approximate surface area is 309 Å². The molecule has 0 bridgehead atoms. The summed E-state index contributed by atoms with van der Waals surface area (Å²) in [6, 6.07) is 0. The Hall–Kier alpha value is -0.760. The fourth-order valence-corrected chi connectivity index (χ4v) is 6.82. The molecule has 8 nitrogen and oxygen atoms in total. The van der Waals surface area contributed by atoms with Crippen LogP contribution in [-0.4, -0.2) is 49.9 Å². The molecule has 0 aromatic carbocycles. The quantitative estimate of drug-likeness (QED) is 0.0276. The molecule has 0 spiro atoms. The lowest BCUT2D eigenvalue weighted by Crippen LogP contribution is -2.28. The van der Waals surface area contributed by atoms with E-state index in [1.807, 2.05) is 0 Å². The van der Waals surface area contributed by atoms with Crippen molar-refractivity contribution in [3.05, 3.63) is 12.2 Å². The van der Waals surface area contributed by atoms with Gasteiger partial charge in [-0.05, 0) is 38.5 Å². The van der Waals surface area contributed by atoms with Crippen LogP contribution in [0.1, 0.15) is 206 Å². The summed E-state index contributed by atoms with van der Waals surface area (Å²) < 4.78 is 33.4. The molecule has 0 amide bonds. The van der Waals surface area contributed by atoms with Gasteiger partial charge in [0.15, 0.2) is 0 Å². The molecule has 0 aromatic heterocycles. The van der Waals surface area contributed by atoms with E-state index in [1.54, 1.807) is 0 Å². The van der Waals surface area contributed by atoms with Crippen molar-refractivity contribution in [2.45, 2.75) is 213 Å². The second-order valence-corrected chi connectivity index (χ2v) is 15.7. The molecule has 0 heterocycles. The van der Waals surface area contributed by atoms with Crippen molar-refractivity contribution in [3.63, 3.8) is 0 Å². The molecule has 0 radical (unpaired) electrons. The monoisotopic (exact) mass is 732 g/mol. The smallest absolute Gasteiger partial charge is 0.457 e. The van der Waals surface area contributed by atoms with Crippen LogP contribution in [0.25, 0.3) is 0 Å². The number of ether oxygens (including phenoxy) is 2. The van der Waals surface area contributed by atoms with Gasteiger partial charge in [0.25, 0.3) is 0 Å². The number of allylic oxidation sites excluding steroid dienone is 2. The lowest BCUT2D eigenvalue weighted by atomic mass is 10.0. The molecule has 50 heavy (non-hydrogen) atoms. The summed E-state index contributed by atoms with van der Waals surface area (Å²) in [5.74, 6) is -0.329. The average molecular weight is 732 g/mol. The molecule has 2 unspecified atom stereocenters. The molecule has 0 aromatic rings. The number of carbonyl (C=O) groups is 1. The topological polar surface area (TPSA) is 117 Å². The van der Waals surface area contributed by atoms with Crippen LogP contribution in [0.3, 0.4) is 0 Å². The second kappa shape index (κ2) is 39.4. The molecular weight excluding hydrogens is 649 g/mol. The molecule has 0 aliphatic rings. The van der Waals surface area contributed by atoms with Gasteiger partial charge in [-0.25, -0.2) is 4.57 Å². The standard InChI is InChI=1S/C41H82NO7P/c1-3-5-7-9-11-13-15-17-18-19-20-21-22-24-26-28-30-32-34-41(43)49-40(39-48-50(44,45)47-37-35-42)38-46-36-33-31-29-27-25-23-16-14-12-10-8-6-4-2/h12,14,40H,3-11,13,15-39,42H2,1-2H3,(H,44,45)/b14-12-. The Morgan fingerprint density at radius 2 is 1.00 bits per heavy atom. The first kappa shape index (κ1) is 49.2. The Bertz CT molecular complexity index is 782. The first-order valence-electron chi connectivity index (χ1n) is 21.2. The molecule has 0 aliphatic carbocycles. The molecule has 0 saturated carbocycles. The van der Waals surface area contributed by atoms with Crippen molar-refractivity contribution in [1.29, 1.82) is 0 Å². The second-order valence-electron chi connectivity index (χ2n) is 14.2. The third-order valence-corrected chi connectivity index (χ3v) is 10.2. The minimum absolute atomic E-state index is 0.0934. The van der Waals surface area contributed by atoms with E-state index in [4.69, 9.17) is 24.3 Å². The predicted molar refractivity (Wildman–Crippen MR) is 210 cm³/mol. The Morgan fingerprint density at radius 1 is 0.580 bits per heavy atom. The summed E-state index contributed by atoms with van der Waals surface area (Å²) in [6.45, 7) is 4.92. The van der Waals surface area contributed by atoms with Gasteiger partial charge in [-0.2, -0.15) is 0 Å². The number of hydrogen-bond acceptors (Lipinski definition) is 7. The molecule has 0 fully saturated rings. The zero-order valence-electron chi connectivity index (χ0n) is 32.9. The van der Waals surface area contributed by atoms with Crippen LogP contribution in [-0.2, 0) is 27.9 Å². The van der Waals surface area contributed by atoms with Gasteiger partial charge in [0.05, 0.1) is 19.8 Å². The predicted octanol–water partition coefficient (Wildman–Crippen LogP) is 12.3. The number of unbranched alkanes of at least 4 members (excludes halogenated alkanes) is 26. The molecule has 9 heteroatoms. The molecule has 298 valence electrons. The van der Waals surface area contributed by atoms with Crippen LogP contribution in [0.2, 0.25) is 0 Å². The van der Waals surface area contributed by atoms with E-state index < -0.39 is 13.9 Å². The fourth-order valence-electron chi connectivity index (χ4n) is 6.05. The number of esters is 1. The van der Waals surface area contributed by atoms with Gasteiger partial charge in [0.2, 0.25) is 0 Å². The molecule has 0 aliphatic heterocycles. The zero-order valence-corrected chi connectivity index (χ0v) is 33.8. The number of phosphoric acid groups is 1. The fraction of sp³-hybridized carbons (Fsp3) is 0.927. The molecule has 0 rings (SSSR count). The normalized spacial score (nSPS) is 13.6. The molecule has 3 N–H and O–H groups in total. The van der Waals surface area contributed by atoms with E-state index in [2.05, 4.69) is 26.0 Å². The van der Waals surface area contributed by atoms with Crippen LogP contribution < -0.4 is 5.73 Å². The largest absolute Gasteiger partial charge is 0.472 e. The summed E-state index contributed by atoms with van der Waals surface area (Å²) >= 11 is 0. The van der Waals surface area contributed by atoms with Gasteiger partial charge < -0.3 is 20.1 Å². The van der Waals surface area contributed by atoms with E-state index in [0.717, 1.165) is 32.1 Å². The Kier molecular flexibility index (Phi) is 38.8. The first-order valence-corrected chi connectivity index (χ1v) is 22.7. The van der Waals surface area contributed by atoms with E-state index in [9.17, 15) is 14.3 Å². The Morgan fingerprint density at radius 3 is 1.50 bits per heavy atom. The SMILES string of the molecule is CCCCC/C=C\CCCCCCCCOCC(COP(=O)(O)OCCN)OC(=O)CCCCCCCCCCCCCCCCCCCC. The van der Waals surface area contributed by atoms with Gasteiger partial charge in [-0.1, -0.05) is 174 Å². The van der Waals surface area contributed by atoms with Gasteiger partial charge in [0.1, 0.15) is 6.10 Å². The summed E-state index contributed by atoms with van der Waals surface area (Å²) in [5.41, 5.74) is 5.36. The maximum atomic E-state index is 12.6. The lowest BCUT2D eigenvalue weighted by molar-refractivity contribution is -0.154. The summed E-state index contributed by atoms with van der Waals surface area (Å²) in [6.07, 6.45) is 40.8. The molecular formula is C41H82NO7P. The van der Waals surface area contributed by atoms with Gasteiger partial charge in [0, 0.05) is 19.6 Å². The third-order valence-electron chi connectivity index (χ3n) is 9.18. The van der Waals surface area contributed by atoms with E-state index in [0.29, 0.717) is 13.0 Å². The maximum Gasteiger partial charge on any atom is 0.472 e. The Balaban J connectivity index is 3.99. The van der Waals surface area contributed by atoms with Gasteiger partial charge in [-0.15, -0.1) is 0 Å². The van der Waals surface area contributed by atoms with Crippen molar-refractivity contribution in [2.24, 2.45) is 5.73 Å². The average Bonchev–Trinajstić information content (AvgIpc) is 3.10. The summed E-state index contributed by atoms with van der Waals surface area (Å²) in [5, 5.41) is 0. The minimum Gasteiger partial charge on any atom is -0.457 e. The van der Waals surface area contributed by atoms with Crippen molar-refractivity contribution in [1.82, 2.24) is 0 Å². The van der Waals surface area contributed by atoms with Crippen LogP contribution in [0.4, 0.5) is 0 Å². The molecule has 0 saturated heterocycles. The number of hydrogen-bond donors (Lipinski definition) is 2. The van der Waals surface area contributed by atoms with Crippen LogP contribution in [0.15, 0.2) is 12.2 Å². The maximum absolute atomic E-state index is 12.6. The lowest BCUT2D eigenvalue weighted by Gasteiger charge is -2.20. The van der Waals surface area contributed by atoms with E-state index >= 15 is 0 Å². The molecule has 2 atom stereocenters. The number of phosphoric ester groups is 1. The van der Waals surface area contributed by atoms with E-state index in [-0.39, 0.29) is 32.3 Å².